The summed E-state index contributed by atoms with van der Waals surface area (Å²) >= 11 is 7.75. The number of anilines is 1. The van der Waals surface area contributed by atoms with Crippen molar-refractivity contribution in [2.24, 2.45) is 0 Å². The number of halogens is 1. The molecule has 0 spiro atoms. The Labute approximate surface area is 201 Å². The maximum atomic E-state index is 13.1. The van der Waals surface area contributed by atoms with Gasteiger partial charge >= 0.3 is 12.1 Å². The van der Waals surface area contributed by atoms with E-state index in [1.54, 1.807) is 35.6 Å². The van der Waals surface area contributed by atoms with Crippen LogP contribution in [0.1, 0.15) is 46.5 Å². The van der Waals surface area contributed by atoms with Gasteiger partial charge in [0.1, 0.15) is 0 Å². The Morgan fingerprint density at radius 2 is 1.97 bits per heavy atom. The number of fused-ring (bicyclic) bond motifs is 1. The van der Waals surface area contributed by atoms with Crippen LogP contribution in [-0.2, 0) is 27.2 Å². The number of thiophene rings is 1. The number of benzene rings is 1. The Hall–Kier alpha value is -2.46. The first-order valence-corrected chi connectivity index (χ1v) is 12.1. The molecule has 0 aliphatic carbocycles. The Kier molecular flexibility index (Phi) is 7.33. The number of nitrogens with zero attached hydrogens (tertiary/aromatic N) is 2. The highest BCUT2D eigenvalue weighted by atomic mass is 35.5. The normalized spacial score (nSPS) is 20.1. The van der Waals surface area contributed by atoms with Crippen LogP contribution in [0.25, 0.3) is 0 Å². The fourth-order valence-corrected chi connectivity index (χ4v) is 5.24. The van der Waals surface area contributed by atoms with Crippen LogP contribution >= 0.6 is 23.1 Å². The van der Waals surface area contributed by atoms with Gasteiger partial charge in [0.05, 0.1) is 12.2 Å². The zero-order valence-corrected chi connectivity index (χ0v) is 19.9. The number of rotatable bonds is 5. The quantitative estimate of drug-likeness (QED) is 0.385. The van der Waals surface area contributed by atoms with Gasteiger partial charge in [-0.15, -0.1) is 11.3 Å². The van der Waals surface area contributed by atoms with Crippen molar-refractivity contribution in [1.82, 2.24) is 9.74 Å². The van der Waals surface area contributed by atoms with E-state index in [0.717, 1.165) is 35.8 Å². The highest BCUT2D eigenvalue weighted by Crippen LogP contribution is 2.32. The van der Waals surface area contributed by atoms with E-state index in [0.29, 0.717) is 30.6 Å². The lowest BCUT2D eigenvalue weighted by Crippen LogP contribution is -2.51. The number of hydrogen-bond donors (Lipinski definition) is 1. The van der Waals surface area contributed by atoms with Crippen LogP contribution in [0.2, 0.25) is 0 Å². The summed E-state index contributed by atoms with van der Waals surface area (Å²) in [6.45, 7) is 1.29. The minimum Gasteiger partial charge on any atom is -0.372 e. The highest BCUT2D eigenvalue weighted by Gasteiger charge is 2.44. The molecular formula is C23H26ClN3O5S. The van der Waals surface area contributed by atoms with Crippen molar-refractivity contribution in [2.45, 2.75) is 44.4 Å². The lowest BCUT2D eigenvalue weighted by molar-refractivity contribution is -0.165. The third-order valence-electron chi connectivity index (χ3n) is 5.99. The molecular weight excluding hydrogens is 466 g/mol. The summed E-state index contributed by atoms with van der Waals surface area (Å²) in [5.41, 5.74) is 0.937. The molecule has 1 fully saturated rings. The van der Waals surface area contributed by atoms with E-state index < -0.39 is 17.8 Å². The van der Waals surface area contributed by atoms with Gasteiger partial charge in [-0.25, -0.2) is 14.0 Å². The second kappa shape index (κ2) is 10.2. The number of carbonyl (C=O) groups is 3. The van der Waals surface area contributed by atoms with Gasteiger partial charge < -0.3 is 14.4 Å². The second-order valence-corrected chi connectivity index (χ2v) is 9.49. The van der Waals surface area contributed by atoms with E-state index in [2.05, 4.69) is 5.32 Å². The first kappa shape index (κ1) is 23.7. The molecule has 1 saturated heterocycles. The number of ether oxygens (including phenoxy) is 2. The monoisotopic (exact) mass is 491 g/mol. The molecule has 2 amide bonds. The first-order valence-electron chi connectivity index (χ1n) is 10.9. The van der Waals surface area contributed by atoms with Gasteiger partial charge in [-0.1, -0.05) is 12.1 Å². The third kappa shape index (κ3) is 5.06. The van der Waals surface area contributed by atoms with Gasteiger partial charge in [0, 0.05) is 42.3 Å². The summed E-state index contributed by atoms with van der Waals surface area (Å²) in [7, 11) is 1.39. The summed E-state index contributed by atoms with van der Waals surface area (Å²) in [5.74, 6) is -0.867. The fraction of sp³-hybridized carbons (Fsp3) is 0.435. The molecule has 2 aliphatic heterocycles. The van der Waals surface area contributed by atoms with Gasteiger partial charge in [-0.05, 0) is 61.4 Å². The first-order chi connectivity index (χ1) is 15.9. The van der Waals surface area contributed by atoms with Gasteiger partial charge in [-0.3, -0.25) is 10.1 Å². The summed E-state index contributed by atoms with van der Waals surface area (Å²) in [5, 5.41) is 4.94. The summed E-state index contributed by atoms with van der Waals surface area (Å²) in [4.78, 5) is 40.9. The van der Waals surface area contributed by atoms with E-state index >= 15 is 0 Å². The summed E-state index contributed by atoms with van der Waals surface area (Å²) in [6.07, 6.45) is 3.20. The maximum absolute atomic E-state index is 13.1. The molecule has 1 aromatic carbocycles. The van der Waals surface area contributed by atoms with Crippen LogP contribution in [0.4, 0.5) is 10.5 Å². The molecule has 10 heteroatoms. The van der Waals surface area contributed by atoms with Crippen molar-refractivity contribution in [2.75, 3.05) is 25.1 Å². The molecule has 4 rings (SSSR count). The minimum absolute atomic E-state index is 0.00788. The molecule has 0 saturated carbocycles. The fourth-order valence-electron chi connectivity index (χ4n) is 4.14. The van der Waals surface area contributed by atoms with E-state index in [9.17, 15) is 14.4 Å². The number of amides is 2. The predicted molar refractivity (Wildman–Crippen MR) is 125 cm³/mol. The van der Waals surface area contributed by atoms with Gasteiger partial charge in [0.2, 0.25) is 5.72 Å². The molecule has 1 aromatic heterocycles. The SMILES string of the molecule is CO[C@@]1(C(=O)OC(=O)N(Cl)Cc2ccc(C(=O)N3CCCCc4sccc43)cc2)CCCN1. The smallest absolute Gasteiger partial charge is 0.372 e. The third-order valence-corrected chi connectivity index (χ3v) is 7.22. The van der Waals surface area contributed by atoms with Crippen LogP contribution in [-0.4, -0.2) is 48.3 Å². The number of esters is 1. The number of aryl methyl sites for hydroxylation is 1. The molecule has 2 aliphatic rings. The largest absolute Gasteiger partial charge is 0.432 e. The maximum Gasteiger partial charge on any atom is 0.432 e. The molecule has 8 nitrogen and oxygen atoms in total. The van der Waals surface area contributed by atoms with Crippen LogP contribution in [0.3, 0.4) is 0 Å². The number of methoxy groups -OCH3 is 1. The summed E-state index contributed by atoms with van der Waals surface area (Å²) in [6, 6.07) is 8.92. The van der Waals surface area contributed by atoms with Gasteiger partial charge in [0.25, 0.3) is 5.91 Å². The Bertz CT molecular complexity index is 1020. The van der Waals surface area contributed by atoms with Crippen molar-refractivity contribution in [3.05, 3.63) is 51.7 Å². The van der Waals surface area contributed by atoms with Crippen LogP contribution in [0.5, 0.6) is 0 Å². The molecule has 1 N–H and O–H groups in total. The van der Waals surface area contributed by atoms with Crippen LogP contribution in [0.15, 0.2) is 35.7 Å². The zero-order chi connectivity index (χ0) is 23.4. The van der Waals surface area contributed by atoms with Crippen molar-refractivity contribution >= 4 is 46.8 Å². The van der Waals surface area contributed by atoms with Crippen LogP contribution in [0, 0.1) is 0 Å². The number of hydrogen-bond acceptors (Lipinski definition) is 7. The second-order valence-electron chi connectivity index (χ2n) is 8.08. The van der Waals surface area contributed by atoms with Gasteiger partial charge in [0.15, 0.2) is 0 Å². The van der Waals surface area contributed by atoms with E-state index in [1.807, 2.05) is 16.3 Å². The van der Waals surface area contributed by atoms with Crippen molar-refractivity contribution in [3.63, 3.8) is 0 Å². The molecule has 2 aromatic rings. The molecule has 0 unspecified atom stereocenters. The lowest BCUT2D eigenvalue weighted by Gasteiger charge is -2.25. The topological polar surface area (TPSA) is 88.2 Å². The average Bonchev–Trinajstić information content (AvgIpc) is 3.46. The number of carbonyl (C=O) groups excluding carboxylic acids is 3. The predicted octanol–water partition coefficient (Wildman–Crippen LogP) is 4.08. The van der Waals surface area contributed by atoms with Crippen molar-refractivity contribution in [3.8, 4) is 0 Å². The molecule has 1 atom stereocenters. The molecule has 33 heavy (non-hydrogen) atoms. The molecule has 0 bridgehead atoms. The minimum atomic E-state index is -1.31. The standard InChI is InChI=1S/C23H26ClN3O5S/c1-31-23(11-4-12-25-23)21(29)32-22(30)27(24)15-16-6-8-17(9-7-16)20(28)26-13-3-2-5-19-18(26)10-14-33-19/h6-10,14,25H,2-5,11-13,15H2,1H3/t23-/m1/s1. The molecule has 0 radical (unpaired) electrons. The Morgan fingerprint density at radius 3 is 2.67 bits per heavy atom. The van der Waals surface area contributed by atoms with Crippen molar-refractivity contribution in [1.29, 1.82) is 0 Å². The number of nitrogens with one attached hydrogen (secondary N) is 1. The van der Waals surface area contributed by atoms with Crippen LogP contribution < -0.4 is 10.2 Å². The lowest BCUT2D eigenvalue weighted by atomic mass is 10.1. The van der Waals surface area contributed by atoms with Gasteiger partial charge in [-0.2, -0.15) is 0 Å². The van der Waals surface area contributed by atoms with E-state index in [-0.39, 0.29) is 12.5 Å². The Morgan fingerprint density at radius 1 is 1.18 bits per heavy atom. The van der Waals surface area contributed by atoms with E-state index in [4.69, 9.17) is 21.3 Å². The Balaban J connectivity index is 1.37. The van der Waals surface area contributed by atoms with Crippen molar-refractivity contribution < 1.29 is 23.9 Å². The molecule has 176 valence electrons. The highest BCUT2D eigenvalue weighted by molar-refractivity contribution is 7.10. The molecule has 3 heterocycles. The average molecular weight is 492 g/mol. The zero-order valence-electron chi connectivity index (χ0n) is 18.3. The summed E-state index contributed by atoms with van der Waals surface area (Å²) < 4.78 is 10.9. The van der Waals surface area contributed by atoms with E-state index in [1.165, 1.54) is 12.0 Å².